The van der Waals surface area contributed by atoms with Gasteiger partial charge >= 0.3 is 5.97 Å². The highest BCUT2D eigenvalue weighted by Crippen LogP contribution is 2.16. The van der Waals surface area contributed by atoms with Crippen molar-refractivity contribution in [1.82, 2.24) is 10.2 Å². The SMILES string of the molecule is COC(=O)c1ccc(CNC(=O)CN(C)Cc2sccc2C)cc1. The molecule has 2 rings (SSSR count). The Morgan fingerprint density at radius 1 is 1.21 bits per heavy atom. The van der Waals surface area contributed by atoms with Gasteiger partial charge in [0.1, 0.15) is 0 Å². The van der Waals surface area contributed by atoms with E-state index in [9.17, 15) is 9.59 Å². The third kappa shape index (κ3) is 5.18. The molecule has 24 heavy (non-hydrogen) atoms. The summed E-state index contributed by atoms with van der Waals surface area (Å²) in [6.45, 7) is 3.63. The van der Waals surface area contributed by atoms with Gasteiger partial charge in [-0.2, -0.15) is 0 Å². The van der Waals surface area contributed by atoms with Gasteiger partial charge in [-0.3, -0.25) is 9.69 Å². The van der Waals surface area contributed by atoms with E-state index in [4.69, 9.17) is 0 Å². The number of hydrogen-bond donors (Lipinski definition) is 1. The Bertz CT molecular complexity index is 695. The molecule has 0 saturated carbocycles. The lowest BCUT2D eigenvalue weighted by atomic mass is 10.1. The molecule has 128 valence electrons. The highest BCUT2D eigenvalue weighted by molar-refractivity contribution is 7.10. The molecule has 0 aliphatic heterocycles. The average Bonchev–Trinajstić information content (AvgIpc) is 2.97. The fraction of sp³-hybridized carbons (Fsp3) is 0.333. The number of methoxy groups -OCH3 is 1. The van der Waals surface area contributed by atoms with E-state index in [1.807, 2.05) is 24.1 Å². The molecule has 1 aromatic carbocycles. The van der Waals surface area contributed by atoms with Crippen LogP contribution in [0.25, 0.3) is 0 Å². The Balaban J connectivity index is 1.78. The second kappa shape index (κ2) is 8.61. The number of esters is 1. The average molecular weight is 346 g/mol. The van der Waals surface area contributed by atoms with E-state index in [1.54, 1.807) is 23.5 Å². The maximum Gasteiger partial charge on any atom is 0.337 e. The van der Waals surface area contributed by atoms with Crippen LogP contribution in [0.2, 0.25) is 0 Å². The molecule has 0 radical (unpaired) electrons. The molecule has 6 heteroatoms. The molecule has 0 bridgehead atoms. The largest absolute Gasteiger partial charge is 0.465 e. The van der Waals surface area contributed by atoms with Gasteiger partial charge in [-0.1, -0.05) is 12.1 Å². The van der Waals surface area contributed by atoms with Crippen molar-refractivity contribution in [1.29, 1.82) is 0 Å². The van der Waals surface area contributed by atoms with Gasteiger partial charge in [0.25, 0.3) is 0 Å². The van der Waals surface area contributed by atoms with E-state index in [1.165, 1.54) is 17.6 Å². The second-order valence-electron chi connectivity index (χ2n) is 5.66. The van der Waals surface area contributed by atoms with Crippen molar-refractivity contribution in [3.05, 3.63) is 57.3 Å². The molecule has 1 N–H and O–H groups in total. The van der Waals surface area contributed by atoms with Gasteiger partial charge in [-0.25, -0.2) is 4.79 Å². The highest BCUT2D eigenvalue weighted by atomic mass is 32.1. The number of amides is 1. The summed E-state index contributed by atoms with van der Waals surface area (Å²) in [5, 5.41) is 4.96. The van der Waals surface area contributed by atoms with Crippen molar-refractivity contribution >= 4 is 23.2 Å². The van der Waals surface area contributed by atoms with E-state index >= 15 is 0 Å². The minimum absolute atomic E-state index is 0.0243. The maximum absolute atomic E-state index is 12.0. The molecule has 1 aromatic heterocycles. The van der Waals surface area contributed by atoms with Crippen LogP contribution < -0.4 is 5.32 Å². The molecule has 0 spiro atoms. The molecule has 1 amide bonds. The molecule has 0 fully saturated rings. The Labute approximate surface area is 146 Å². The lowest BCUT2D eigenvalue weighted by Crippen LogP contribution is -2.34. The van der Waals surface area contributed by atoms with Crippen LogP contribution in [-0.4, -0.2) is 37.5 Å². The summed E-state index contributed by atoms with van der Waals surface area (Å²) in [5.41, 5.74) is 2.70. The zero-order valence-corrected chi connectivity index (χ0v) is 15.0. The number of ether oxygens (including phenoxy) is 1. The van der Waals surface area contributed by atoms with Gasteiger partial charge in [0.05, 0.1) is 19.2 Å². The first-order chi connectivity index (χ1) is 11.5. The second-order valence-corrected chi connectivity index (χ2v) is 6.66. The van der Waals surface area contributed by atoms with E-state index in [0.717, 1.165) is 12.1 Å². The fourth-order valence-electron chi connectivity index (χ4n) is 2.25. The Kier molecular flexibility index (Phi) is 6.52. The van der Waals surface area contributed by atoms with Gasteiger partial charge in [0, 0.05) is 18.0 Å². The van der Waals surface area contributed by atoms with Gasteiger partial charge in [0.2, 0.25) is 5.91 Å². The summed E-state index contributed by atoms with van der Waals surface area (Å²) < 4.78 is 4.66. The van der Waals surface area contributed by atoms with Crippen molar-refractivity contribution in [3.63, 3.8) is 0 Å². The van der Waals surface area contributed by atoms with Crippen molar-refractivity contribution in [2.45, 2.75) is 20.0 Å². The maximum atomic E-state index is 12.0. The topological polar surface area (TPSA) is 58.6 Å². The van der Waals surface area contributed by atoms with E-state index in [0.29, 0.717) is 18.7 Å². The van der Waals surface area contributed by atoms with Crippen LogP contribution in [0.4, 0.5) is 0 Å². The highest BCUT2D eigenvalue weighted by Gasteiger charge is 2.09. The van der Waals surface area contributed by atoms with Gasteiger partial charge in [0.15, 0.2) is 0 Å². The van der Waals surface area contributed by atoms with Crippen LogP contribution in [0.1, 0.15) is 26.4 Å². The zero-order chi connectivity index (χ0) is 17.5. The summed E-state index contributed by atoms with van der Waals surface area (Å²) in [4.78, 5) is 26.7. The van der Waals surface area contributed by atoms with Crippen molar-refractivity contribution in [3.8, 4) is 0 Å². The van der Waals surface area contributed by atoms with Crippen molar-refractivity contribution in [2.24, 2.45) is 0 Å². The lowest BCUT2D eigenvalue weighted by molar-refractivity contribution is -0.122. The first kappa shape index (κ1) is 18.2. The van der Waals surface area contributed by atoms with Crippen LogP contribution >= 0.6 is 11.3 Å². The first-order valence-electron chi connectivity index (χ1n) is 7.65. The number of aryl methyl sites for hydroxylation is 1. The third-order valence-electron chi connectivity index (χ3n) is 3.66. The zero-order valence-electron chi connectivity index (χ0n) is 14.2. The van der Waals surface area contributed by atoms with E-state index in [2.05, 4.69) is 28.4 Å². The number of carbonyl (C=O) groups excluding carboxylic acids is 2. The quantitative estimate of drug-likeness (QED) is 0.783. The van der Waals surface area contributed by atoms with Crippen LogP contribution in [0.15, 0.2) is 35.7 Å². The predicted molar refractivity (Wildman–Crippen MR) is 95.0 cm³/mol. The number of rotatable bonds is 7. The number of carbonyl (C=O) groups is 2. The smallest absolute Gasteiger partial charge is 0.337 e. The van der Waals surface area contributed by atoms with Gasteiger partial charge < -0.3 is 10.1 Å². The summed E-state index contributed by atoms with van der Waals surface area (Å²) in [6.07, 6.45) is 0. The molecule has 5 nitrogen and oxygen atoms in total. The molecule has 0 saturated heterocycles. The third-order valence-corrected chi connectivity index (χ3v) is 4.67. The molecule has 2 aromatic rings. The minimum atomic E-state index is -0.365. The van der Waals surface area contributed by atoms with Crippen molar-refractivity contribution < 1.29 is 14.3 Å². The number of hydrogen-bond acceptors (Lipinski definition) is 5. The van der Waals surface area contributed by atoms with Crippen molar-refractivity contribution in [2.75, 3.05) is 20.7 Å². The molecular formula is C18H22N2O3S. The Morgan fingerprint density at radius 2 is 1.92 bits per heavy atom. The molecule has 0 unspecified atom stereocenters. The number of thiophene rings is 1. The molecule has 0 atom stereocenters. The van der Waals surface area contributed by atoms with E-state index in [-0.39, 0.29) is 11.9 Å². The monoisotopic (exact) mass is 346 g/mol. The first-order valence-corrected chi connectivity index (χ1v) is 8.53. The number of nitrogens with zero attached hydrogens (tertiary/aromatic N) is 1. The van der Waals surface area contributed by atoms with Crippen LogP contribution in [0, 0.1) is 6.92 Å². The summed E-state index contributed by atoms with van der Waals surface area (Å²) in [5.74, 6) is -0.389. The van der Waals surface area contributed by atoms with E-state index < -0.39 is 0 Å². The summed E-state index contributed by atoms with van der Waals surface area (Å²) in [6, 6.07) is 9.10. The molecular weight excluding hydrogens is 324 g/mol. The number of nitrogens with one attached hydrogen (secondary N) is 1. The number of likely N-dealkylation sites (N-methyl/N-ethyl adjacent to an activating group) is 1. The Hall–Kier alpha value is -2.18. The molecule has 0 aliphatic carbocycles. The normalized spacial score (nSPS) is 10.7. The standard InChI is InChI=1S/C18H22N2O3S/c1-13-8-9-24-16(13)11-20(2)12-17(21)19-10-14-4-6-15(7-5-14)18(22)23-3/h4-9H,10-12H2,1-3H3,(H,19,21). The van der Waals surface area contributed by atoms with Gasteiger partial charge in [-0.15, -0.1) is 11.3 Å². The minimum Gasteiger partial charge on any atom is -0.465 e. The van der Waals surface area contributed by atoms with Crippen LogP contribution in [0.3, 0.4) is 0 Å². The fourth-order valence-corrected chi connectivity index (χ4v) is 3.23. The number of benzene rings is 1. The summed E-state index contributed by atoms with van der Waals surface area (Å²) >= 11 is 1.71. The predicted octanol–water partition coefficient (Wildman–Crippen LogP) is 2.59. The van der Waals surface area contributed by atoms with Crippen LogP contribution in [-0.2, 0) is 22.6 Å². The Morgan fingerprint density at radius 3 is 2.50 bits per heavy atom. The lowest BCUT2D eigenvalue weighted by Gasteiger charge is -2.16. The molecule has 0 aliphatic rings. The summed E-state index contributed by atoms with van der Waals surface area (Å²) in [7, 11) is 3.29. The van der Waals surface area contributed by atoms with Crippen LogP contribution in [0.5, 0.6) is 0 Å². The van der Waals surface area contributed by atoms with Gasteiger partial charge in [-0.05, 0) is 48.7 Å². The molecule has 1 heterocycles.